The Kier molecular flexibility index (Phi) is 4.64. The van der Waals surface area contributed by atoms with Crippen LogP contribution in [0.1, 0.15) is 32.4 Å². The van der Waals surface area contributed by atoms with Gasteiger partial charge in [-0.1, -0.05) is 24.9 Å². The van der Waals surface area contributed by atoms with Gasteiger partial charge in [-0.2, -0.15) is 0 Å². The first-order valence-corrected chi connectivity index (χ1v) is 7.18. The van der Waals surface area contributed by atoms with Crippen LogP contribution in [0.3, 0.4) is 0 Å². The largest absolute Gasteiger partial charge is 0.370 e. The highest BCUT2D eigenvalue weighted by molar-refractivity contribution is 6.31. The van der Waals surface area contributed by atoms with Crippen LogP contribution >= 0.6 is 11.6 Å². The summed E-state index contributed by atoms with van der Waals surface area (Å²) < 4.78 is 0. The van der Waals surface area contributed by atoms with E-state index in [1.54, 1.807) is 0 Å². The van der Waals surface area contributed by atoms with Crippen LogP contribution in [0.25, 0.3) is 0 Å². The summed E-state index contributed by atoms with van der Waals surface area (Å²) >= 11 is 6.16. The number of halogens is 1. The van der Waals surface area contributed by atoms with Crippen LogP contribution in [-0.4, -0.2) is 28.9 Å². The number of carbonyl (C=O) groups is 1. The van der Waals surface area contributed by atoms with E-state index >= 15 is 0 Å². The van der Waals surface area contributed by atoms with E-state index in [1.165, 1.54) is 0 Å². The van der Waals surface area contributed by atoms with Crippen molar-refractivity contribution in [1.82, 2.24) is 9.88 Å². The Hall–Kier alpha value is -1.29. The second-order valence-electron chi connectivity index (χ2n) is 4.91. The number of hydrogen-bond acceptors (Lipinski definition) is 3. The summed E-state index contributed by atoms with van der Waals surface area (Å²) in [5.41, 5.74) is 0.769. The Morgan fingerprint density at radius 1 is 1.47 bits per heavy atom. The predicted octanol–water partition coefficient (Wildman–Crippen LogP) is 2.93. The van der Waals surface area contributed by atoms with Crippen molar-refractivity contribution in [3.8, 4) is 0 Å². The normalized spacial score (nSPS) is 19.0. The molecule has 1 aliphatic heterocycles. The fraction of sp³-hybridized carbons (Fsp3) is 0.571. The summed E-state index contributed by atoms with van der Waals surface area (Å²) in [5, 5.41) is 3.78. The summed E-state index contributed by atoms with van der Waals surface area (Å²) in [7, 11) is 0. The molecule has 0 spiro atoms. The van der Waals surface area contributed by atoms with E-state index in [9.17, 15) is 4.79 Å². The van der Waals surface area contributed by atoms with E-state index < -0.39 is 0 Å². The first-order chi connectivity index (χ1) is 9.13. The molecule has 4 nitrogen and oxygen atoms in total. The third-order valence-electron chi connectivity index (χ3n) is 3.49. The van der Waals surface area contributed by atoms with E-state index in [4.69, 9.17) is 11.6 Å². The predicted molar refractivity (Wildman–Crippen MR) is 77.2 cm³/mol. The average molecular weight is 282 g/mol. The van der Waals surface area contributed by atoms with Gasteiger partial charge in [-0.3, -0.25) is 4.79 Å². The number of carbonyl (C=O) groups excluding carboxylic acids is 1. The Bertz CT molecular complexity index is 464. The molecule has 0 aromatic carbocycles. The number of anilines is 1. The molecule has 1 fully saturated rings. The summed E-state index contributed by atoms with van der Waals surface area (Å²) in [5.74, 6) is 1.49. The number of hydrogen-bond donors (Lipinski definition) is 1. The Labute approximate surface area is 119 Å². The topological polar surface area (TPSA) is 45.2 Å². The van der Waals surface area contributed by atoms with E-state index in [1.807, 2.05) is 24.0 Å². The molecule has 0 saturated carbocycles. The summed E-state index contributed by atoms with van der Waals surface area (Å²) in [4.78, 5) is 18.2. The Morgan fingerprint density at radius 3 is 2.89 bits per heavy atom. The third-order valence-corrected chi connectivity index (χ3v) is 3.83. The number of likely N-dealkylation sites (tertiary alicyclic amines) is 1. The van der Waals surface area contributed by atoms with Gasteiger partial charge in [0, 0.05) is 19.5 Å². The fourth-order valence-corrected chi connectivity index (χ4v) is 2.50. The van der Waals surface area contributed by atoms with Gasteiger partial charge in [0.15, 0.2) is 0 Å². The maximum absolute atomic E-state index is 11.9. The average Bonchev–Trinajstić information content (AvgIpc) is 2.75. The maximum atomic E-state index is 11.9. The van der Waals surface area contributed by atoms with Crippen molar-refractivity contribution in [3.63, 3.8) is 0 Å². The standard InChI is InChI=1S/C14H20ClN3O/c1-3-10-7-14(19)18(8-10)9-12-11(15)5-6-13(17-12)16-4-2/h5-6,10H,3-4,7-9H2,1-2H3,(H,16,17). The molecule has 19 heavy (non-hydrogen) atoms. The molecule has 1 atom stereocenters. The molecule has 1 aromatic rings. The van der Waals surface area contributed by atoms with Gasteiger partial charge in [-0.15, -0.1) is 0 Å². The number of nitrogens with one attached hydrogen (secondary N) is 1. The molecule has 0 radical (unpaired) electrons. The molecule has 0 bridgehead atoms. The van der Waals surface area contributed by atoms with Crippen molar-refractivity contribution in [2.45, 2.75) is 33.2 Å². The van der Waals surface area contributed by atoms with E-state index in [0.717, 1.165) is 31.0 Å². The van der Waals surface area contributed by atoms with Gasteiger partial charge >= 0.3 is 0 Å². The molecular formula is C14H20ClN3O. The van der Waals surface area contributed by atoms with Crippen LogP contribution in [0.2, 0.25) is 5.02 Å². The van der Waals surface area contributed by atoms with Crippen molar-refractivity contribution < 1.29 is 4.79 Å². The number of rotatable bonds is 5. The molecular weight excluding hydrogens is 262 g/mol. The summed E-state index contributed by atoms with van der Waals surface area (Å²) in [6, 6.07) is 3.69. The third kappa shape index (κ3) is 3.38. The molecule has 2 heterocycles. The lowest BCUT2D eigenvalue weighted by Crippen LogP contribution is -2.25. The SMILES string of the molecule is CCNc1ccc(Cl)c(CN2CC(CC)CC2=O)n1. The van der Waals surface area contributed by atoms with Gasteiger partial charge in [-0.05, 0) is 25.0 Å². The fourth-order valence-electron chi connectivity index (χ4n) is 2.34. The molecule has 0 aliphatic carbocycles. The Balaban J connectivity index is 2.10. The maximum Gasteiger partial charge on any atom is 0.223 e. The van der Waals surface area contributed by atoms with Crippen molar-refractivity contribution >= 4 is 23.3 Å². The van der Waals surface area contributed by atoms with Crippen LogP contribution in [-0.2, 0) is 11.3 Å². The summed E-state index contributed by atoms with van der Waals surface area (Å²) in [6.45, 7) is 6.28. The van der Waals surface area contributed by atoms with Crippen molar-refractivity contribution in [3.05, 3.63) is 22.8 Å². The minimum absolute atomic E-state index is 0.207. The highest BCUT2D eigenvalue weighted by Crippen LogP contribution is 2.25. The highest BCUT2D eigenvalue weighted by atomic mass is 35.5. The van der Waals surface area contributed by atoms with Crippen molar-refractivity contribution in [1.29, 1.82) is 0 Å². The zero-order valence-corrected chi connectivity index (χ0v) is 12.2. The van der Waals surface area contributed by atoms with E-state index in [-0.39, 0.29) is 5.91 Å². The monoisotopic (exact) mass is 281 g/mol. The molecule has 1 N–H and O–H groups in total. The van der Waals surface area contributed by atoms with Crippen LogP contribution < -0.4 is 5.32 Å². The summed E-state index contributed by atoms with van der Waals surface area (Å²) in [6.07, 6.45) is 1.70. The Morgan fingerprint density at radius 2 is 2.26 bits per heavy atom. The molecule has 1 aromatic heterocycles. The first-order valence-electron chi connectivity index (χ1n) is 6.81. The lowest BCUT2D eigenvalue weighted by Gasteiger charge is -2.17. The van der Waals surface area contributed by atoms with Crippen molar-refractivity contribution in [2.24, 2.45) is 5.92 Å². The molecule has 5 heteroatoms. The molecule has 1 unspecified atom stereocenters. The second-order valence-corrected chi connectivity index (χ2v) is 5.32. The van der Waals surface area contributed by atoms with Gasteiger partial charge in [-0.25, -0.2) is 4.98 Å². The minimum Gasteiger partial charge on any atom is -0.370 e. The zero-order valence-electron chi connectivity index (χ0n) is 11.4. The molecule has 1 aliphatic rings. The van der Waals surface area contributed by atoms with Crippen LogP contribution in [0.4, 0.5) is 5.82 Å². The van der Waals surface area contributed by atoms with Gasteiger partial charge in [0.1, 0.15) is 5.82 Å². The number of nitrogens with zero attached hydrogens (tertiary/aromatic N) is 2. The molecule has 2 rings (SSSR count). The second kappa shape index (κ2) is 6.24. The van der Waals surface area contributed by atoms with E-state index in [2.05, 4.69) is 17.2 Å². The highest BCUT2D eigenvalue weighted by Gasteiger charge is 2.28. The lowest BCUT2D eigenvalue weighted by molar-refractivity contribution is -0.128. The number of aromatic nitrogens is 1. The quantitative estimate of drug-likeness (QED) is 0.903. The van der Waals surface area contributed by atoms with E-state index in [0.29, 0.717) is 23.9 Å². The first kappa shape index (κ1) is 14.1. The lowest BCUT2D eigenvalue weighted by atomic mass is 10.1. The van der Waals surface area contributed by atoms with Gasteiger partial charge in [0.05, 0.1) is 17.3 Å². The smallest absolute Gasteiger partial charge is 0.223 e. The van der Waals surface area contributed by atoms with Gasteiger partial charge < -0.3 is 10.2 Å². The van der Waals surface area contributed by atoms with Crippen molar-refractivity contribution in [2.75, 3.05) is 18.4 Å². The zero-order chi connectivity index (χ0) is 13.8. The number of amides is 1. The number of pyridine rings is 1. The van der Waals surface area contributed by atoms with Crippen LogP contribution in [0.15, 0.2) is 12.1 Å². The van der Waals surface area contributed by atoms with Gasteiger partial charge in [0.25, 0.3) is 0 Å². The van der Waals surface area contributed by atoms with Crippen LogP contribution in [0.5, 0.6) is 0 Å². The van der Waals surface area contributed by atoms with Gasteiger partial charge in [0.2, 0.25) is 5.91 Å². The molecule has 1 amide bonds. The minimum atomic E-state index is 0.207. The van der Waals surface area contributed by atoms with Crippen LogP contribution in [0, 0.1) is 5.92 Å². The molecule has 104 valence electrons. The molecule has 1 saturated heterocycles.